The molecule has 0 spiro atoms. The largest absolute Gasteiger partial charge is 0.296 e. The van der Waals surface area contributed by atoms with Crippen LogP contribution in [-0.4, -0.2) is 36.6 Å². The van der Waals surface area contributed by atoms with Crippen LogP contribution in [0.2, 0.25) is 0 Å². The lowest BCUT2D eigenvalue weighted by molar-refractivity contribution is 0.0933. The number of rotatable bonds is 8. The standard InChI is InChI=1S/C15H23NOS/c1-4-6-11-16(5-2)12-15(17)13-7-9-14(18-3)10-8-13/h7-10H,4-6,11-12H2,1-3H3. The van der Waals surface area contributed by atoms with Crippen molar-refractivity contribution in [2.75, 3.05) is 25.9 Å². The molecule has 0 heterocycles. The van der Waals surface area contributed by atoms with E-state index in [1.165, 1.54) is 11.3 Å². The SMILES string of the molecule is CCCCN(CC)CC(=O)c1ccc(SC)cc1. The summed E-state index contributed by atoms with van der Waals surface area (Å²) < 4.78 is 0. The van der Waals surface area contributed by atoms with Gasteiger partial charge in [-0.25, -0.2) is 0 Å². The lowest BCUT2D eigenvalue weighted by atomic mass is 10.1. The number of carbonyl (C=O) groups is 1. The van der Waals surface area contributed by atoms with Crippen LogP contribution in [0.25, 0.3) is 0 Å². The summed E-state index contributed by atoms with van der Waals surface area (Å²) in [6, 6.07) is 7.89. The molecule has 0 aliphatic rings. The summed E-state index contributed by atoms with van der Waals surface area (Å²) in [6.07, 6.45) is 4.38. The Kier molecular flexibility index (Phi) is 7.06. The van der Waals surface area contributed by atoms with Gasteiger partial charge < -0.3 is 0 Å². The van der Waals surface area contributed by atoms with Crippen LogP contribution in [0.4, 0.5) is 0 Å². The Morgan fingerprint density at radius 3 is 2.39 bits per heavy atom. The van der Waals surface area contributed by atoms with E-state index in [-0.39, 0.29) is 5.78 Å². The van der Waals surface area contributed by atoms with Crippen molar-refractivity contribution in [2.45, 2.75) is 31.6 Å². The van der Waals surface area contributed by atoms with Crippen molar-refractivity contribution in [1.29, 1.82) is 0 Å². The summed E-state index contributed by atoms with van der Waals surface area (Å²) >= 11 is 1.70. The van der Waals surface area contributed by atoms with Crippen molar-refractivity contribution in [2.24, 2.45) is 0 Å². The first-order chi connectivity index (χ1) is 8.71. The van der Waals surface area contributed by atoms with Gasteiger partial charge in [0.2, 0.25) is 0 Å². The molecule has 0 fully saturated rings. The van der Waals surface area contributed by atoms with E-state index in [2.05, 4.69) is 18.7 Å². The van der Waals surface area contributed by atoms with Gasteiger partial charge in [-0.1, -0.05) is 32.4 Å². The molecule has 0 aromatic heterocycles. The van der Waals surface area contributed by atoms with E-state index < -0.39 is 0 Å². The number of unbranched alkanes of at least 4 members (excludes halogenated alkanes) is 1. The van der Waals surface area contributed by atoms with E-state index in [1.54, 1.807) is 11.8 Å². The summed E-state index contributed by atoms with van der Waals surface area (Å²) in [5, 5.41) is 0. The molecule has 0 saturated carbocycles. The molecule has 0 unspecified atom stereocenters. The molecular formula is C15H23NOS. The van der Waals surface area contributed by atoms with Crippen LogP contribution in [0.5, 0.6) is 0 Å². The topological polar surface area (TPSA) is 20.3 Å². The van der Waals surface area contributed by atoms with Gasteiger partial charge in [0.15, 0.2) is 5.78 Å². The Morgan fingerprint density at radius 1 is 1.22 bits per heavy atom. The van der Waals surface area contributed by atoms with E-state index in [0.717, 1.165) is 25.1 Å². The zero-order chi connectivity index (χ0) is 13.4. The summed E-state index contributed by atoms with van der Waals surface area (Å²) in [4.78, 5) is 15.5. The second-order valence-corrected chi connectivity index (χ2v) is 5.25. The number of likely N-dealkylation sites (N-methyl/N-ethyl adjacent to an activating group) is 1. The molecule has 2 nitrogen and oxygen atoms in total. The van der Waals surface area contributed by atoms with Gasteiger partial charge >= 0.3 is 0 Å². The van der Waals surface area contributed by atoms with E-state index >= 15 is 0 Å². The Balaban J connectivity index is 2.56. The van der Waals surface area contributed by atoms with Crippen LogP contribution in [0, 0.1) is 0 Å². The number of carbonyl (C=O) groups excluding carboxylic acids is 1. The average Bonchev–Trinajstić information content (AvgIpc) is 2.43. The minimum Gasteiger partial charge on any atom is -0.296 e. The highest BCUT2D eigenvalue weighted by Crippen LogP contribution is 2.15. The van der Waals surface area contributed by atoms with Gasteiger partial charge in [-0.05, 0) is 37.9 Å². The van der Waals surface area contributed by atoms with Crippen molar-refractivity contribution in [3.05, 3.63) is 29.8 Å². The number of nitrogens with zero attached hydrogens (tertiary/aromatic N) is 1. The molecule has 0 aliphatic heterocycles. The lowest BCUT2D eigenvalue weighted by Gasteiger charge is -2.19. The zero-order valence-electron chi connectivity index (χ0n) is 11.6. The third kappa shape index (κ3) is 4.83. The molecule has 0 radical (unpaired) electrons. The molecular weight excluding hydrogens is 242 g/mol. The summed E-state index contributed by atoms with van der Waals surface area (Å²) in [6.45, 7) is 6.78. The quantitative estimate of drug-likeness (QED) is 0.528. The van der Waals surface area contributed by atoms with Crippen LogP contribution >= 0.6 is 11.8 Å². The van der Waals surface area contributed by atoms with Crippen molar-refractivity contribution in [3.8, 4) is 0 Å². The minimum absolute atomic E-state index is 0.223. The molecule has 0 aliphatic carbocycles. The molecule has 100 valence electrons. The van der Waals surface area contributed by atoms with E-state index in [0.29, 0.717) is 6.54 Å². The molecule has 0 amide bonds. The number of hydrogen-bond acceptors (Lipinski definition) is 3. The van der Waals surface area contributed by atoms with Gasteiger partial charge in [-0.2, -0.15) is 0 Å². The van der Waals surface area contributed by atoms with Crippen molar-refractivity contribution < 1.29 is 4.79 Å². The monoisotopic (exact) mass is 265 g/mol. The second kappa shape index (κ2) is 8.33. The third-order valence-corrected chi connectivity index (χ3v) is 3.80. The van der Waals surface area contributed by atoms with Gasteiger partial charge in [-0.15, -0.1) is 11.8 Å². The molecule has 1 aromatic rings. The Bertz CT molecular complexity index is 361. The van der Waals surface area contributed by atoms with E-state index in [9.17, 15) is 4.79 Å². The van der Waals surface area contributed by atoms with Gasteiger partial charge in [0.05, 0.1) is 6.54 Å². The fraction of sp³-hybridized carbons (Fsp3) is 0.533. The molecule has 0 atom stereocenters. The van der Waals surface area contributed by atoms with Gasteiger partial charge in [0, 0.05) is 10.5 Å². The van der Waals surface area contributed by atoms with Crippen LogP contribution in [0.15, 0.2) is 29.2 Å². The number of thioether (sulfide) groups is 1. The van der Waals surface area contributed by atoms with Crippen LogP contribution in [0.1, 0.15) is 37.0 Å². The van der Waals surface area contributed by atoms with Gasteiger partial charge in [0.1, 0.15) is 0 Å². The molecule has 0 N–H and O–H groups in total. The summed E-state index contributed by atoms with van der Waals surface area (Å²) in [7, 11) is 0. The maximum atomic E-state index is 12.1. The molecule has 0 bridgehead atoms. The highest BCUT2D eigenvalue weighted by Gasteiger charge is 2.10. The summed E-state index contributed by atoms with van der Waals surface area (Å²) in [5.41, 5.74) is 0.822. The average molecular weight is 265 g/mol. The van der Waals surface area contributed by atoms with Crippen LogP contribution in [-0.2, 0) is 0 Å². The predicted molar refractivity (Wildman–Crippen MR) is 79.6 cm³/mol. The summed E-state index contributed by atoms with van der Waals surface area (Å²) in [5.74, 6) is 0.223. The van der Waals surface area contributed by atoms with Crippen LogP contribution < -0.4 is 0 Å². The first-order valence-electron chi connectivity index (χ1n) is 6.60. The second-order valence-electron chi connectivity index (χ2n) is 4.37. The van der Waals surface area contributed by atoms with Crippen LogP contribution in [0.3, 0.4) is 0 Å². The van der Waals surface area contributed by atoms with Crippen molar-refractivity contribution in [3.63, 3.8) is 0 Å². The maximum absolute atomic E-state index is 12.1. The number of benzene rings is 1. The van der Waals surface area contributed by atoms with Gasteiger partial charge in [0.25, 0.3) is 0 Å². The first kappa shape index (κ1) is 15.3. The van der Waals surface area contributed by atoms with Gasteiger partial charge in [-0.3, -0.25) is 9.69 Å². The number of hydrogen-bond donors (Lipinski definition) is 0. The molecule has 18 heavy (non-hydrogen) atoms. The zero-order valence-corrected chi connectivity index (χ0v) is 12.4. The first-order valence-corrected chi connectivity index (χ1v) is 7.83. The molecule has 1 rings (SSSR count). The number of ketones is 1. The van der Waals surface area contributed by atoms with E-state index in [4.69, 9.17) is 0 Å². The predicted octanol–water partition coefficient (Wildman–Crippen LogP) is 3.71. The fourth-order valence-corrected chi connectivity index (χ4v) is 2.21. The normalized spacial score (nSPS) is 10.9. The van der Waals surface area contributed by atoms with E-state index in [1.807, 2.05) is 30.5 Å². The molecule has 3 heteroatoms. The highest BCUT2D eigenvalue weighted by atomic mass is 32.2. The van der Waals surface area contributed by atoms with Crippen molar-refractivity contribution >= 4 is 17.5 Å². The third-order valence-electron chi connectivity index (χ3n) is 3.05. The fourth-order valence-electron chi connectivity index (χ4n) is 1.80. The highest BCUT2D eigenvalue weighted by molar-refractivity contribution is 7.98. The maximum Gasteiger partial charge on any atom is 0.176 e. The Labute approximate surface area is 115 Å². The lowest BCUT2D eigenvalue weighted by Crippen LogP contribution is -2.30. The minimum atomic E-state index is 0.223. The van der Waals surface area contributed by atoms with Crippen molar-refractivity contribution in [1.82, 2.24) is 4.90 Å². The number of Topliss-reactive ketones (excluding diaryl/α,β-unsaturated/α-hetero) is 1. The Hall–Kier alpha value is -0.800. The Morgan fingerprint density at radius 2 is 1.89 bits per heavy atom. The smallest absolute Gasteiger partial charge is 0.176 e. The molecule has 0 saturated heterocycles. The molecule has 1 aromatic carbocycles.